The molecule has 1 rings (SSSR count). The van der Waals surface area contributed by atoms with E-state index in [0.717, 1.165) is 0 Å². The summed E-state index contributed by atoms with van der Waals surface area (Å²) >= 11 is 5.17. The van der Waals surface area contributed by atoms with E-state index < -0.39 is 23.1 Å². The predicted molar refractivity (Wildman–Crippen MR) is 33.1 cm³/mol. The Labute approximate surface area is 65.6 Å². The molecule has 0 radical (unpaired) electrons. The monoisotopic (exact) mass is 184 g/mol. The maximum absolute atomic E-state index is 12.5. The first kappa shape index (κ1) is 8.39. The molecule has 62 valence electrons. The number of aromatic nitrogens is 2. The Hall–Kier alpha value is -0.710. The van der Waals surface area contributed by atoms with Crippen molar-refractivity contribution >= 4 is 11.6 Å². The second kappa shape index (κ2) is 2.73. The van der Waals surface area contributed by atoms with Crippen molar-refractivity contribution < 1.29 is 13.2 Å². The number of rotatable bonds is 1. The summed E-state index contributed by atoms with van der Waals surface area (Å²) in [6.45, 7) is 0. The van der Waals surface area contributed by atoms with Crippen molar-refractivity contribution in [1.29, 1.82) is 0 Å². The minimum Gasteiger partial charge on any atom is -0.241 e. The van der Waals surface area contributed by atoms with Crippen LogP contribution in [0.25, 0.3) is 0 Å². The minimum absolute atomic E-state index is 0.609. The molecule has 0 aliphatic carbocycles. The molecule has 11 heavy (non-hydrogen) atoms. The third kappa shape index (κ3) is 1.33. The van der Waals surface area contributed by atoms with Crippen LogP contribution in [0, 0.1) is 5.95 Å². The smallest absolute Gasteiger partial charge is 0.241 e. The summed E-state index contributed by atoms with van der Waals surface area (Å²) < 4.78 is 37.0. The molecule has 0 spiro atoms. The summed E-state index contributed by atoms with van der Waals surface area (Å²) in [7, 11) is 1.20. The number of nitrogens with zero attached hydrogens (tertiary/aromatic N) is 2. The second-order valence-electron chi connectivity index (χ2n) is 1.91. The van der Waals surface area contributed by atoms with Gasteiger partial charge in [0.15, 0.2) is 5.69 Å². The molecule has 0 unspecified atom stereocenters. The van der Waals surface area contributed by atoms with Gasteiger partial charge >= 0.3 is 0 Å². The Morgan fingerprint density at radius 2 is 2.09 bits per heavy atom. The average Bonchev–Trinajstić information content (AvgIpc) is 2.17. The highest BCUT2D eigenvalue weighted by Crippen LogP contribution is 2.27. The summed E-state index contributed by atoms with van der Waals surface area (Å²) in [6.07, 6.45) is -2.84. The molecule has 0 aliphatic rings. The van der Waals surface area contributed by atoms with Crippen molar-refractivity contribution in [3.8, 4) is 0 Å². The summed E-state index contributed by atoms with van der Waals surface area (Å²) in [5.74, 6) is -0.943. The highest BCUT2D eigenvalue weighted by atomic mass is 35.5. The SMILES string of the molecule is Cn1nc(C(F)F)c(Cl)c1F. The maximum Gasteiger partial charge on any atom is 0.283 e. The largest absolute Gasteiger partial charge is 0.283 e. The van der Waals surface area contributed by atoms with Gasteiger partial charge in [-0.15, -0.1) is 0 Å². The summed E-state index contributed by atoms with van der Waals surface area (Å²) in [5.41, 5.74) is -0.716. The topological polar surface area (TPSA) is 17.8 Å². The van der Waals surface area contributed by atoms with Crippen LogP contribution >= 0.6 is 11.6 Å². The average molecular weight is 185 g/mol. The van der Waals surface area contributed by atoms with E-state index in [4.69, 9.17) is 11.6 Å². The number of hydrogen-bond acceptors (Lipinski definition) is 1. The standard InChI is InChI=1S/C5H4ClF3N2/c1-11-5(9)2(6)3(10-11)4(7)8/h4H,1H3. The number of hydrogen-bond donors (Lipinski definition) is 0. The molecule has 1 aromatic heterocycles. The van der Waals surface area contributed by atoms with E-state index in [9.17, 15) is 13.2 Å². The molecule has 0 amide bonds. The second-order valence-corrected chi connectivity index (χ2v) is 2.29. The molecule has 0 aromatic carbocycles. The Morgan fingerprint density at radius 1 is 1.55 bits per heavy atom. The third-order valence-corrected chi connectivity index (χ3v) is 1.50. The molecule has 0 aliphatic heterocycles. The first-order valence-electron chi connectivity index (χ1n) is 2.70. The van der Waals surface area contributed by atoms with E-state index in [1.54, 1.807) is 0 Å². The molecule has 0 saturated carbocycles. The lowest BCUT2D eigenvalue weighted by Gasteiger charge is -1.89. The molecule has 0 atom stereocenters. The molecule has 2 nitrogen and oxygen atoms in total. The molecule has 6 heteroatoms. The van der Waals surface area contributed by atoms with Gasteiger partial charge in [0.1, 0.15) is 5.02 Å². The van der Waals surface area contributed by atoms with Crippen LogP contribution in [-0.2, 0) is 7.05 Å². The Balaban J connectivity index is 3.19. The van der Waals surface area contributed by atoms with Gasteiger partial charge in [0.25, 0.3) is 6.43 Å². The van der Waals surface area contributed by atoms with Crippen molar-refractivity contribution in [2.75, 3.05) is 0 Å². The van der Waals surface area contributed by atoms with Crippen molar-refractivity contribution in [3.63, 3.8) is 0 Å². The van der Waals surface area contributed by atoms with E-state index in [2.05, 4.69) is 5.10 Å². The molecule has 1 heterocycles. The Morgan fingerprint density at radius 3 is 2.27 bits per heavy atom. The lowest BCUT2D eigenvalue weighted by molar-refractivity contribution is 0.145. The number of aryl methyl sites for hydroxylation is 1. The van der Waals surface area contributed by atoms with Gasteiger partial charge < -0.3 is 0 Å². The van der Waals surface area contributed by atoms with E-state index in [-0.39, 0.29) is 0 Å². The van der Waals surface area contributed by atoms with Crippen LogP contribution in [0.5, 0.6) is 0 Å². The first-order valence-corrected chi connectivity index (χ1v) is 3.08. The third-order valence-electron chi connectivity index (χ3n) is 1.15. The summed E-state index contributed by atoms with van der Waals surface area (Å²) in [6, 6.07) is 0. The van der Waals surface area contributed by atoms with Gasteiger partial charge in [-0.25, -0.2) is 13.5 Å². The molecule has 0 bridgehead atoms. The lowest BCUT2D eigenvalue weighted by Crippen LogP contribution is -1.94. The zero-order chi connectivity index (χ0) is 8.59. The Kier molecular flexibility index (Phi) is 2.08. The van der Waals surface area contributed by atoms with Crippen LogP contribution < -0.4 is 0 Å². The number of alkyl halides is 2. The summed E-state index contributed by atoms with van der Waals surface area (Å²) in [4.78, 5) is 0. The van der Waals surface area contributed by atoms with E-state index in [1.165, 1.54) is 7.05 Å². The Bertz CT molecular complexity index is 271. The van der Waals surface area contributed by atoms with Crippen LogP contribution in [0.1, 0.15) is 12.1 Å². The molecular formula is C5H4ClF3N2. The first-order chi connectivity index (χ1) is 5.04. The van der Waals surface area contributed by atoms with Crippen molar-refractivity contribution in [1.82, 2.24) is 9.78 Å². The molecule has 1 aromatic rings. The minimum atomic E-state index is -2.84. The van der Waals surface area contributed by atoms with E-state index in [0.29, 0.717) is 4.68 Å². The van der Waals surface area contributed by atoms with Gasteiger partial charge in [-0.05, 0) is 0 Å². The zero-order valence-corrected chi connectivity index (χ0v) is 6.24. The van der Waals surface area contributed by atoms with Gasteiger partial charge in [-0.1, -0.05) is 11.6 Å². The van der Waals surface area contributed by atoms with Gasteiger partial charge in [0, 0.05) is 7.05 Å². The van der Waals surface area contributed by atoms with E-state index in [1.807, 2.05) is 0 Å². The van der Waals surface area contributed by atoms with Crippen LogP contribution in [-0.4, -0.2) is 9.78 Å². The highest BCUT2D eigenvalue weighted by molar-refractivity contribution is 6.31. The van der Waals surface area contributed by atoms with Gasteiger partial charge in [0.2, 0.25) is 5.95 Å². The van der Waals surface area contributed by atoms with Gasteiger partial charge in [-0.2, -0.15) is 9.49 Å². The predicted octanol–water partition coefficient (Wildman–Crippen LogP) is 2.15. The van der Waals surface area contributed by atoms with E-state index >= 15 is 0 Å². The van der Waals surface area contributed by atoms with Crippen molar-refractivity contribution in [3.05, 3.63) is 16.7 Å². The lowest BCUT2D eigenvalue weighted by atomic mass is 10.4. The van der Waals surface area contributed by atoms with Crippen LogP contribution in [0.2, 0.25) is 5.02 Å². The van der Waals surface area contributed by atoms with Crippen LogP contribution in [0.3, 0.4) is 0 Å². The van der Waals surface area contributed by atoms with Crippen molar-refractivity contribution in [2.24, 2.45) is 7.05 Å². The number of halogens is 4. The molecular weight excluding hydrogens is 181 g/mol. The normalized spacial score (nSPS) is 11.1. The van der Waals surface area contributed by atoms with Gasteiger partial charge in [0.05, 0.1) is 0 Å². The zero-order valence-electron chi connectivity index (χ0n) is 5.48. The fourth-order valence-electron chi connectivity index (χ4n) is 0.637. The summed E-state index contributed by atoms with van der Waals surface area (Å²) in [5, 5.41) is 2.56. The highest BCUT2D eigenvalue weighted by Gasteiger charge is 2.21. The molecule has 0 saturated heterocycles. The quantitative estimate of drug-likeness (QED) is 0.654. The molecule has 0 fully saturated rings. The van der Waals surface area contributed by atoms with Gasteiger partial charge in [-0.3, -0.25) is 0 Å². The maximum atomic E-state index is 12.5. The van der Waals surface area contributed by atoms with Crippen LogP contribution in [0.4, 0.5) is 13.2 Å². The fourth-order valence-corrected chi connectivity index (χ4v) is 0.879. The molecule has 0 N–H and O–H groups in total. The fraction of sp³-hybridized carbons (Fsp3) is 0.400. The van der Waals surface area contributed by atoms with Crippen LogP contribution in [0.15, 0.2) is 0 Å². The van der Waals surface area contributed by atoms with Crippen molar-refractivity contribution in [2.45, 2.75) is 6.43 Å².